The van der Waals surface area contributed by atoms with Gasteiger partial charge in [-0.25, -0.2) is 4.79 Å². The molecule has 0 heterocycles. The first-order valence-electron chi connectivity index (χ1n) is 7.40. The summed E-state index contributed by atoms with van der Waals surface area (Å²) in [4.78, 5) is 13.2. The average molecular weight is 462 g/mol. The summed E-state index contributed by atoms with van der Waals surface area (Å²) in [5.74, 6) is -1.04. The molecular formula is C19H14Br2N2O2. The lowest BCUT2D eigenvalue weighted by molar-refractivity contribution is 0.0698. The van der Waals surface area contributed by atoms with Gasteiger partial charge in [-0.05, 0) is 66.7 Å². The van der Waals surface area contributed by atoms with Gasteiger partial charge in [0.25, 0.3) is 0 Å². The number of carbonyl (C=O) groups is 1. The SMILES string of the molecule is Nc1cc(N(c2ccc(Br)cc2)c2ccc(Br)cc2)ccc1C(=O)O. The summed E-state index contributed by atoms with van der Waals surface area (Å²) in [5.41, 5.74) is 8.92. The van der Waals surface area contributed by atoms with Gasteiger partial charge >= 0.3 is 5.97 Å². The second-order valence-electron chi connectivity index (χ2n) is 5.36. The number of aromatic carboxylic acids is 1. The number of nitrogens with two attached hydrogens (primary N) is 1. The van der Waals surface area contributed by atoms with E-state index in [-0.39, 0.29) is 11.3 Å². The number of hydrogen-bond acceptors (Lipinski definition) is 3. The number of carboxylic acid groups (broad SMARTS) is 1. The Balaban J connectivity index is 2.14. The summed E-state index contributed by atoms with van der Waals surface area (Å²) in [6, 6.07) is 20.7. The Kier molecular flexibility index (Phi) is 5.11. The summed E-state index contributed by atoms with van der Waals surface area (Å²) in [7, 11) is 0. The molecule has 3 aromatic carbocycles. The molecule has 0 radical (unpaired) electrons. The Morgan fingerprint density at radius 2 is 1.24 bits per heavy atom. The predicted octanol–water partition coefficient (Wildman–Crippen LogP) is 5.96. The van der Waals surface area contributed by atoms with E-state index < -0.39 is 5.97 Å². The maximum absolute atomic E-state index is 11.2. The molecule has 0 aromatic heterocycles. The monoisotopic (exact) mass is 460 g/mol. The number of nitrogen functional groups attached to an aromatic ring is 1. The van der Waals surface area contributed by atoms with Crippen LogP contribution >= 0.6 is 31.9 Å². The van der Waals surface area contributed by atoms with Gasteiger partial charge in [-0.1, -0.05) is 31.9 Å². The molecule has 0 spiro atoms. The number of rotatable bonds is 4. The van der Waals surface area contributed by atoms with Crippen molar-refractivity contribution < 1.29 is 9.90 Å². The highest BCUT2D eigenvalue weighted by atomic mass is 79.9. The molecule has 3 rings (SSSR count). The van der Waals surface area contributed by atoms with Crippen LogP contribution in [0.15, 0.2) is 75.7 Å². The maximum atomic E-state index is 11.2. The van der Waals surface area contributed by atoms with Crippen LogP contribution in [0.1, 0.15) is 10.4 Å². The summed E-state index contributed by atoms with van der Waals surface area (Å²) in [5, 5.41) is 9.19. The van der Waals surface area contributed by atoms with Gasteiger partial charge in [0.05, 0.1) is 5.56 Å². The van der Waals surface area contributed by atoms with Crippen molar-refractivity contribution in [3.8, 4) is 0 Å². The molecule has 0 aliphatic rings. The van der Waals surface area contributed by atoms with Crippen LogP contribution in [-0.2, 0) is 0 Å². The number of halogens is 2. The second kappa shape index (κ2) is 7.29. The van der Waals surface area contributed by atoms with Crippen LogP contribution < -0.4 is 10.6 Å². The Labute approximate surface area is 162 Å². The molecule has 0 fully saturated rings. The van der Waals surface area contributed by atoms with Crippen LogP contribution in [0.25, 0.3) is 0 Å². The molecule has 4 nitrogen and oxygen atoms in total. The third-order valence-corrected chi connectivity index (χ3v) is 4.75. The van der Waals surface area contributed by atoms with Crippen LogP contribution in [0.5, 0.6) is 0 Å². The van der Waals surface area contributed by atoms with Crippen molar-refractivity contribution in [2.24, 2.45) is 0 Å². The van der Waals surface area contributed by atoms with Gasteiger partial charge in [0, 0.05) is 31.7 Å². The summed E-state index contributed by atoms with van der Waals surface area (Å²) < 4.78 is 1.96. The molecule has 0 amide bonds. The van der Waals surface area contributed by atoms with Crippen LogP contribution in [0.3, 0.4) is 0 Å². The van der Waals surface area contributed by atoms with Crippen molar-refractivity contribution in [2.75, 3.05) is 10.6 Å². The zero-order valence-corrected chi connectivity index (χ0v) is 16.2. The molecule has 0 atom stereocenters. The van der Waals surface area contributed by atoms with Crippen molar-refractivity contribution in [3.63, 3.8) is 0 Å². The molecule has 0 unspecified atom stereocenters. The zero-order chi connectivity index (χ0) is 18.0. The number of benzene rings is 3. The van der Waals surface area contributed by atoms with Gasteiger partial charge in [-0.3, -0.25) is 0 Å². The topological polar surface area (TPSA) is 66.6 Å². The van der Waals surface area contributed by atoms with E-state index in [0.717, 1.165) is 26.0 Å². The first-order chi connectivity index (χ1) is 12.0. The Morgan fingerprint density at radius 1 is 0.800 bits per heavy atom. The average Bonchev–Trinajstić information content (AvgIpc) is 2.58. The van der Waals surface area contributed by atoms with E-state index in [1.807, 2.05) is 53.4 Å². The fraction of sp³-hybridized carbons (Fsp3) is 0. The van der Waals surface area contributed by atoms with Crippen molar-refractivity contribution >= 4 is 60.6 Å². The van der Waals surface area contributed by atoms with Crippen molar-refractivity contribution in [1.82, 2.24) is 0 Å². The van der Waals surface area contributed by atoms with E-state index in [1.165, 1.54) is 6.07 Å². The van der Waals surface area contributed by atoms with E-state index >= 15 is 0 Å². The van der Waals surface area contributed by atoms with Crippen LogP contribution in [0, 0.1) is 0 Å². The minimum absolute atomic E-state index is 0.0929. The quantitative estimate of drug-likeness (QED) is 0.470. The highest BCUT2D eigenvalue weighted by Gasteiger charge is 2.15. The molecule has 0 aliphatic heterocycles. The van der Waals surface area contributed by atoms with Crippen LogP contribution in [0.4, 0.5) is 22.7 Å². The van der Waals surface area contributed by atoms with E-state index in [9.17, 15) is 9.90 Å². The Morgan fingerprint density at radius 3 is 1.64 bits per heavy atom. The number of hydrogen-bond donors (Lipinski definition) is 2. The largest absolute Gasteiger partial charge is 0.478 e. The number of nitrogens with zero attached hydrogens (tertiary/aromatic N) is 1. The lowest BCUT2D eigenvalue weighted by atomic mass is 10.1. The first kappa shape index (κ1) is 17.5. The van der Waals surface area contributed by atoms with Crippen molar-refractivity contribution in [1.29, 1.82) is 0 Å². The standard InChI is InChI=1S/C19H14Br2N2O2/c20-12-1-5-14(6-2-12)23(15-7-3-13(21)4-8-15)16-9-10-17(19(24)25)18(22)11-16/h1-11H,22H2,(H,24,25). The lowest BCUT2D eigenvalue weighted by Crippen LogP contribution is -2.11. The van der Waals surface area contributed by atoms with Gasteiger partial charge in [-0.15, -0.1) is 0 Å². The summed E-state index contributed by atoms with van der Waals surface area (Å²) in [6.45, 7) is 0. The molecule has 126 valence electrons. The molecule has 0 saturated heterocycles. The maximum Gasteiger partial charge on any atom is 0.337 e. The van der Waals surface area contributed by atoms with Gasteiger partial charge in [-0.2, -0.15) is 0 Å². The van der Waals surface area contributed by atoms with Gasteiger partial charge < -0.3 is 15.7 Å². The van der Waals surface area contributed by atoms with Crippen molar-refractivity contribution in [3.05, 3.63) is 81.2 Å². The molecule has 0 bridgehead atoms. The highest BCUT2D eigenvalue weighted by molar-refractivity contribution is 9.10. The van der Waals surface area contributed by atoms with Gasteiger partial charge in [0.1, 0.15) is 0 Å². The third-order valence-electron chi connectivity index (χ3n) is 3.69. The number of anilines is 4. The van der Waals surface area contributed by atoms with Crippen LogP contribution in [0.2, 0.25) is 0 Å². The number of carboxylic acids is 1. The zero-order valence-electron chi connectivity index (χ0n) is 13.0. The summed E-state index contributed by atoms with van der Waals surface area (Å²) in [6.07, 6.45) is 0. The van der Waals surface area contributed by atoms with E-state index in [4.69, 9.17) is 5.73 Å². The van der Waals surface area contributed by atoms with E-state index in [1.54, 1.807) is 12.1 Å². The molecule has 3 N–H and O–H groups in total. The first-order valence-corrected chi connectivity index (χ1v) is 8.98. The molecule has 0 saturated carbocycles. The minimum Gasteiger partial charge on any atom is -0.478 e. The molecule has 6 heteroatoms. The predicted molar refractivity (Wildman–Crippen MR) is 108 cm³/mol. The molecular weight excluding hydrogens is 448 g/mol. The highest BCUT2D eigenvalue weighted by Crippen LogP contribution is 2.36. The third kappa shape index (κ3) is 3.86. The fourth-order valence-corrected chi connectivity index (χ4v) is 3.04. The van der Waals surface area contributed by atoms with E-state index in [0.29, 0.717) is 0 Å². The lowest BCUT2D eigenvalue weighted by Gasteiger charge is -2.26. The Bertz CT molecular complexity index is 864. The smallest absolute Gasteiger partial charge is 0.337 e. The normalized spacial score (nSPS) is 10.5. The molecule has 25 heavy (non-hydrogen) atoms. The Hall–Kier alpha value is -2.31. The molecule has 0 aliphatic carbocycles. The van der Waals surface area contributed by atoms with Crippen LogP contribution in [-0.4, -0.2) is 11.1 Å². The van der Waals surface area contributed by atoms with E-state index in [2.05, 4.69) is 31.9 Å². The second-order valence-corrected chi connectivity index (χ2v) is 7.20. The molecule has 3 aromatic rings. The summed E-state index contributed by atoms with van der Waals surface area (Å²) >= 11 is 6.89. The van der Waals surface area contributed by atoms with Gasteiger partial charge in [0.2, 0.25) is 0 Å². The fourth-order valence-electron chi connectivity index (χ4n) is 2.51. The minimum atomic E-state index is -1.04. The van der Waals surface area contributed by atoms with Gasteiger partial charge in [0.15, 0.2) is 0 Å². The van der Waals surface area contributed by atoms with Crippen molar-refractivity contribution in [2.45, 2.75) is 0 Å².